The van der Waals surface area contributed by atoms with Crippen LogP contribution in [0.3, 0.4) is 0 Å². The zero-order valence-corrected chi connectivity index (χ0v) is 18.1. The van der Waals surface area contributed by atoms with Crippen molar-refractivity contribution >= 4 is 27.7 Å². The van der Waals surface area contributed by atoms with Gasteiger partial charge in [0.05, 0.1) is 22.1 Å². The number of hydrogen-bond donors (Lipinski definition) is 1. The second-order valence-corrected chi connectivity index (χ2v) is 8.77. The summed E-state index contributed by atoms with van der Waals surface area (Å²) in [5.74, 6) is 0.710. The van der Waals surface area contributed by atoms with Crippen molar-refractivity contribution < 1.29 is 4.79 Å². The molecule has 6 nitrogen and oxygen atoms in total. The lowest BCUT2D eigenvalue weighted by atomic mass is 9.98. The fourth-order valence-electron chi connectivity index (χ4n) is 4.33. The van der Waals surface area contributed by atoms with Crippen LogP contribution in [0.25, 0.3) is 27.5 Å². The molecule has 5 rings (SSSR count). The molecule has 0 atom stereocenters. The molecule has 1 saturated heterocycles. The largest absolute Gasteiger partial charge is 0.339 e. The number of amides is 1. The predicted octanol–water partition coefficient (Wildman–Crippen LogP) is 4.36. The zero-order valence-electron chi connectivity index (χ0n) is 18.1. The van der Waals surface area contributed by atoms with Crippen LogP contribution in [0.1, 0.15) is 41.3 Å². The van der Waals surface area contributed by atoms with Crippen molar-refractivity contribution in [3.05, 3.63) is 69.6 Å². The first-order valence-corrected chi connectivity index (χ1v) is 10.8. The van der Waals surface area contributed by atoms with Gasteiger partial charge in [0.15, 0.2) is 0 Å². The van der Waals surface area contributed by atoms with Gasteiger partial charge in [-0.3, -0.25) is 19.7 Å². The van der Waals surface area contributed by atoms with Crippen molar-refractivity contribution in [2.75, 3.05) is 13.1 Å². The van der Waals surface area contributed by atoms with Gasteiger partial charge in [-0.05, 0) is 74.1 Å². The van der Waals surface area contributed by atoms with E-state index in [1.165, 1.54) is 5.56 Å². The molecule has 1 N–H and O–H groups in total. The molecule has 3 heterocycles. The average Bonchev–Trinajstić information content (AvgIpc) is 3.12. The highest BCUT2D eigenvalue weighted by molar-refractivity contribution is 6.06. The van der Waals surface area contributed by atoms with Crippen LogP contribution in [-0.2, 0) is 0 Å². The minimum Gasteiger partial charge on any atom is -0.339 e. The Morgan fingerprint density at radius 1 is 1.03 bits per heavy atom. The Bertz CT molecular complexity index is 1370. The number of fused-ring (bicyclic) bond motifs is 3. The standard InChI is InChI=1S/C25H26N4O2/c1-15-8-10-28(11-9-15)24(30)18-5-7-22-20(13-18)23-21(14-26-22)25(31)29(27-23)19-6-4-16(2)17(3)12-19/h4-7,12-15,27H,8-11H2,1-3H3. The van der Waals surface area contributed by atoms with E-state index in [-0.39, 0.29) is 11.5 Å². The Labute approximate surface area is 180 Å². The second-order valence-electron chi connectivity index (χ2n) is 8.77. The number of carbonyl (C=O) groups excluding carboxylic acids is 1. The quantitative estimate of drug-likeness (QED) is 0.530. The molecule has 1 amide bonds. The lowest BCUT2D eigenvalue weighted by molar-refractivity contribution is 0.0697. The van der Waals surface area contributed by atoms with E-state index in [2.05, 4.69) is 17.0 Å². The molecule has 2 aromatic carbocycles. The molecule has 0 aliphatic carbocycles. The van der Waals surface area contributed by atoms with Crippen LogP contribution in [-0.4, -0.2) is 38.7 Å². The Morgan fingerprint density at radius 2 is 1.81 bits per heavy atom. The van der Waals surface area contributed by atoms with Gasteiger partial charge in [0.1, 0.15) is 0 Å². The van der Waals surface area contributed by atoms with E-state index in [0.29, 0.717) is 22.4 Å². The summed E-state index contributed by atoms with van der Waals surface area (Å²) in [6.45, 7) is 7.90. The molecule has 6 heteroatoms. The Morgan fingerprint density at radius 3 is 2.55 bits per heavy atom. The number of likely N-dealkylation sites (tertiary alicyclic amines) is 1. The number of hydrogen-bond acceptors (Lipinski definition) is 3. The third-order valence-corrected chi connectivity index (χ3v) is 6.59. The summed E-state index contributed by atoms with van der Waals surface area (Å²) in [4.78, 5) is 32.6. The maximum Gasteiger partial charge on any atom is 0.280 e. The van der Waals surface area contributed by atoms with E-state index in [9.17, 15) is 9.59 Å². The molecule has 0 saturated carbocycles. The van der Waals surface area contributed by atoms with Crippen molar-refractivity contribution in [1.29, 1.82) is 0 Å². The number of carbonyl (C=O) groups is 1. The Kier molecular flexibility index (Phi) is 4.65. The Balaban J connectivity index is 1.62. The number of aromatic nitrogens is 3. The van der Waals surface area contributed by atoms with Crippen molar-refractivity contribution in [3.8, 4) is 5.69 Å². The number of aryl methyl sites for hydroxylation is 2. The summed E-state index contributed by atoms with van der Waals surface area (Å²) in [6, 6.07) is 11.5. The lowest BCUT2D eigenvalue weighted by Crippen LogP contribution is -2.37. The predicted molar refractivity (Wildman–Crippen MR) is 123 cm³/mol. The topological polar surface area (TPSA) is 71.0 Å². The van der Waals surface area contributed by atoms with Gasteiger partial charge in [-0.1, -0.05) is 13.0 Å². The molecule has 1 fully saturated rings. The van der Waals surface area contributed by atoms with Crippen molar-refractivity contribution in [2.45, 2.75) is 33.6 Å². The summed E-state index contributed by atoms with van der Waals surface area (Å²) in [6.07, 6.45) is 3.69. The van der Waals surface area contributed by atoms with E-state index < -0.39 is 0 Å². The van der Waals surface area contributed by atoms with E-state index in [4.69, 9.17) is 0 Å². The van der Waals surface area contributed by atoms with E-state index in [0.717, 1.165) is 48.1 Å². The Hall–Kier alpha value is -3.41. The first kappa shape index (κ1) is 19.5. The molecule has 0 radical (unpaired) electrons. The van der Waals surface area contributed by atoms with Crippen molar-refractivity contribution in [1.82, 2.24) is 19.7 Å². The number of benzene rings is 2. The minimum atomic E-state index is -0.144. The second kappa shape index (κ2) is 7.38. The molecule has 158 valence electrons. The number of rotatable bonds is 2. The molecular weight excluding hydrogens is 388 g/mol. The summed E-state index contributed by atoms with van der Waals surface area (Å²) in [5, 5.41) is 4.56. The highest BCUT2D eigenvalue weighted by Gasteiger charge is 2.22. The number of nitrogens with zero attached hydrogens (tertiary/aromatic N) is 3. The van der Waals surface area contributed by atoms with Crippen LogP contribution >= 0.6 is 0 Å². The van der Waals surface area contributed by atoms with Gasteiger partial charge < -0.3 is 4.90 Å². The van der Waals surface area contributed by atoms with Gasteiger partial charge in [-0.25, -0.2) is 4.68 Å². The highest BCUT2D eigenvalue weighted by atomic mass is 16.2. The lowest BCUT2D eigenvalue weighted by Gasteiger charge is -2.30. The third-order valence-electron chi connectivity index (χ3n) is 6.59. The summed E-state index contributed by atoms with van der Waals surface area (Å²) < 4.78 is 1.55. The molecular formula is C25H26N4O2. The number of aromatic amines is 1. The van der Waals surface area contributed by atoms with Crippen LogP contribution in [0, 0.1) is 19.8 Å². The first-order chi connectivity index (χ1) is 14.9. The van der Waals surface area contributed by atoms with Crippen LogP contribution in [0.15, 0.2) is 47.4 Å². The molecule has 4 aromatic rings. The monoisotopic (exact) mass is 414 g/mol. The summed E-state index contributed by atoms with van der Waals surface area (Å²) in [5.41, 5.74) is 5.03. The molecule has 2 aromatic heterocycles. The van der Waals surface area contributed by atoms with E-state index in [1.807, 2.05) is 55.1 Å². The SMILES string of the molecule is Cc1ccc(-n2[nH]c3c(cnc4ccc(C(=O)N5CCC(C)CC5)cc43)c2=O)cc1C. The van der Waals surface area contributed by atoms with Gasteiger partial charge in [0.25, 0.3) is 11.5 Å². The first-order valence-electron chi connectivity index (χ1n) is 10.8. The van der Waals surface area contributed by atoms with Crippen molar-refractivity contribution in [2.24, 2.45) is 5.92 Å². The van der Waals surface area contributed by atoms with E-state index in [1.54, 1.807) is 10.9 Å². The number of H-pyrrole nitrogens is 1. The molecule has 0 spiro atoms. The number of pyridine rings is 1. The van der Waals surface area contributed by atoms with Gasteiger partial charge in [-0.15, -0.1) is 0 Å². The highest BCUT2D eigenvalue weighted by Crippen LogP contribution is 2.25. The van der Waals surface area contributed by atoms with Gasteiger partial charge in [0, 0.05) is 30.2 Å². The van der Waals surface area contributed by atoms with Crippen LogP contribution in [0.5, 0.6) is 0 Å². The van der Waals surface area contributed by atoms with E-state index >= 15 is 0 Å². The summed E-state index contributed by atoms with van der Waals surface area (Å²) in [7, 11) is 0. The minimum absolute atomic E-state index is 0.0433. The molecule has 1 aliphatic heterocycles. The maximum atomic E-state index is 13.1. The van der Waals surface area contributed by atoms with Gasteiger partial charge in [0.2, 0.25) is 0 Å². The van der Waals surface area contributed by atoms with Crippen LogP contribution < -0.4 is 5.56 Å². The summed E-state index contributed by atoms with van der Waals surface area (Å²) >= 11 is 0. The molecule has 1 aliphatic rings. The number of nitrogens with one attached hydrogen (secondary N) is 1. The normalized spacial score (nSPS) is 15.1. The van der Waals surface area contributed by atoms with Gasteiger partial charge >= 0.3 is 0 Å². The number of piperidine rings is 1. The third kappa shape index (κ3) is 3.32. The fourth-order valence-corrected chi connectivity index (χ4v) is 4.33. The van der Waals surface area contributed by atoms with Crippen LogP contribution in [0.2, 0.25) is 0 Å². The van der Waals surface area contributed by atoms with Crippen LogP contribution in [0.4, 0.5) is 0 Å². The molecule has 0 unspecified atom stereocenters. The fraction of sp³-hybridized carbons (Fsp3) is 0.320. The molecule has 0 bridgehead atoms. The van der Waals surface area contributed by atoms with Crippen molar-refractivity contribution in [3.63, 3.8) is 0 Å². The smallest absolute Gasteiger partial charge is 0.280 e. The zero-order chi connectivity index (χ0) is 21.7. The van der Waals surface area contributed by atoms with Gasteiger partial charge in [-0.2, -0.15) is 0 Å². The molecule has 31 heavy (non-hydrogen) atoms. The average molecular weight is 415 g/mol. The maximum absolute atomic E-state index is 13.1.